The number of rotatable bonds is 5. The Morgan fingerprint density at radius 1 is 1.17 bits per heavy atom. The van der Waals surface area contributed by atoms with Gasteiger partial charge in [-0.25, -0.2) is 4.79 Å². The molecule has 2 aromatic rings. The van der Waals surface area contributed by atoms with Crippen molar-refractivity contribution in [3.63, 3.8) is 0 Å². The van der Waals surface area contributed by atoms with Crippen LogP contribution in [0, 0.1) is 0 Å². The molecule has 0 spiro atoms. The highest BCUT2D eigenvalue weighted by molar-refractivity contribution is 7.09. The molecule has 0 aromatic carbocycles. The summed E-state index contributed by atoms with van der Waals surface area (Å²) < 4.78 is 0. The molecule has 1 saturated heterocycles. The minimum Gasteiger partial charge on any atom is -0.338 e. The van der Waals surface area contributed by atoms with E-state index in [1.165, 1.54) is 4.88 Å². The molecule has 0 atom stereocenters. The van der Waals surface area contributed by atoms with Gasteiger partial charge in [-0.05, 0) is 36.4 Å². The summed E-state index contributed by atoms with van der Waals surface area (Å²) in [6.45, 7) is 5.06. The van der Waals surface area contributed by atoms with E-state index in [1.807, 2.05) is 29.3 Å². The Bertz CT molecular complexity index is 617. The fourth-order valence-electron chi connectivity index (χ4n) is 2.91. The molecule has 3 heterocycles. The van der Waals surface area contributed by atoms with Crippen molar-refractivity contribution >= 4 is 17.4 Å². The van der Waals surface area contributed by atoms with Gasteiger partial charge in [-0.1, -0.05) is 12.1 Å². The van der Waals surface area contributed by atoms with Gasteiger partial charge in [0.05, 0.1) is 5.69 Å². The first kappa shape index (κ1) is 16.9. The number of carbonyl (C=O) groups excluding carboxylic acids is 1. The van der Waals surface area contributed by atoms with Crippen molar-refractivity contribution < 1.29 is 4.79 Å². The molecule has 1 fully saturated rings. The zero-order valence-electron chi connectivity index (χ0n) is 13.9. The van der Waals surface area contributed by atoms with Gasteiger partial charge in [0, 0.05) is 50.3 Å². The van der Waals surface area contributed by atoms with Gasteiger partial charge in [0.1, 0.15) is 0 Å². The van der Waals surface area contributed by atoms with Crippen molar-refractivity contribution in [3.05, 3.63) is 52.5 Å². The molecule has 5 nitrogen and oxygen atoms in total. The van der Waals surface area contributed by atoms with E-state index in [0.29, 0.717) is 6.54 Å². The summed E-state index contributed by atoms with van der Waals surface area (Å²) >= 11 is 1.74. The Hall–Kier alpha value is -1.92. The van der Waals surface area contributed by atoms with Crippen LogP contribution in [0.25, 0.3) is 0 Å². The second kappa shape index (κ2) is 8.80. The van der Waals surface area contributed by atoms with Gasteiger partial charge in [0.2, 0.25) is 0 Å². The molecule has 0 unspecified atom stereocenters. The second-order valence-corrected chi connectivity index (χ2v) is 7.03. The molecule has 1 aliphatic rings. The van der Waals surface area contributed by atoms with Crippen LogP contribution in [0.2, 0.25) is 0 Å². The topological polar surface area (TPSA) is 48.5 Å². The summed E-state index contributed by atoms with van der Waals surface area (Å²) in [5.41, 5.74) is 1.09. The molecule has 24 heavy (non-hydrogen) atoms. The maximum absolute atomic E-state index is 12.3. The number of carbonyl (C=O) groups is 1. The summed E-state index contributed by atoms with van der Waals surface area (Å²) in [6.07, 6.45) is 3.74. The zero-order chi connectivity index (χ0) is 16.6. The van der Waals surface area contributed by atoms with E-state index in [0.717, 1.165) is 51.3 Å². The molecule has 0 bridgehead atoms. The monoisotopic (exact) mass is 344 g/mol. The Morgan fingerprint density at radius 3 is 2.92 bits per heavy atom. The first-order chi connectivity index (χ1) is 11.8. The Morgan fingerprint density at radius 2 is 2.12 bits per heavy atom. The first-order valence-electron chi connectivity index (χ1n) is 8.49. The van der Waals surface area contributed by atoms with Crippen molar-refractivity contribution in [3.8, 4) is 0 Å². The molecule has 3 rings (SSSR count). The number of nitrogens with zero attached hydrogens (tertiary/aromatic N) is 3. The Kier molecular flexibility index (Phi) is 6.20. The van der Waals surface area contributed by atoms with E-state index in [2.05, 4.69) is 32.7 Å². The standard InChI is InChI=1S/C18H24N4OS/c23-18(20-9-7-17-6-3-14-24-17)22-11-4-10-21(12-13-22)15-16-5-1-2-8-19-16/h1-3,5-6,8,14H,4,7,9-13,15H2,(H,20,23). The average molecular weight is 344 g/mol. The number of urea groups is 1. The highest BCUT2D eigenvalue weighted by Gasteiger charge is 2.19. The van der Waals surface area contributed by atoms with Gasteiger partial charge in [0.25, 0.3) is 0 Å². The number of pyridine rings is 1. The number of hydrogen-bond donors (Lipinski definition) is 1. The number of hydrogen-bond acceptors (Lipinski definition) is 4. The summed E-state index contributed by atoms with van der Waals surface area (Å²) in [6, 6.07) is 10.2. The molecule has 0 aliphatic carbocycles. The lowest BCUT2D eigenvalue weighted by Crippen LogP contribution is -2.42. The molecular formula is C18H24N4OS. The predicted octanol–water partition coefficient (Wildman–Crippen LogP) is 2.60. The molecule has 0 saturated carbocycles. The number of thiophene rings is 1. The fraction of sp³-hybridized carbons (Fsp3) is 0.444. The fourth-order valence-corrected chi connectivity index (χ4v) is 3.62. The predicted molar refractivity (Wildman–Crippen MR) is 97.1 cm³/mol. The molecule has 6 heteroatoms. The van der Waals surface area contributed by atoms with E-state index in [9.17, 15) is 4.79 Å². The number of amides is 2. The van der Waals surface area contributed by atoms with Crippen LogP contribution in [0.15, 0.2) is 41.9 Å². The van der Waals surface area contributed by atoms with E-state index in [4.69, 9.17) is 0 Å². The smallest absolute Gasteiger partial charge is 0.317 e. The van der Waals surface area contributed by atoms with Crippen LogP contribution >= 0.6 is 11.3 Å². The molecule has 0 radical (unpaired) electrons. The quantitative estimate of drug-likeness (QED) is 0.907. The summed E-state index contributed by atoms with van der Waals surface area (Å²) in [7, 11) is 0. The van der Waals surface area contributed by atoms with Crippen LogP contribution in [0.4, 0.5) is 4.79 Å². The Balaban J connectivity index is 1.42. The maximum atomic E-state index is 12.3. The normalized spacial score (nSPS) is 15.9. The minimum atomic E-state index is 0.0613. The van der Waals surface area contributed by atoms with Gasteiger partial charge in [-0.15, -0.1) is 11.3 Å². The van der Waals surface area contributed by atoms with Crippen LogP contribution in [-0.4, -0.2) is 53.5 Å². The summed E-state index contributed by atoms with van der Waals surface area (Å²) in [5, 5.41) is 5.12. The number of aromatic nitrogens is 1. The van der Waals surface area contributed by atoms with Crippen LogP contribution in [0.5, 0.6) is 0 Å². The largest absolute Gasteiger partial charge is 0.338 e. The molecule has 128 valence electrons. The first-order valence-corrected chi connectivity index (χ1v) is 9.36. The lowest BCUT2D eigenvalue weighted by atomic mass is 10.3. The van der Waals surface area contributed by atoms with E-state index >= 15 is 0 Å². The summed E-state index contributed by atoms with van der Waals surface area (Å²) in [4.78, 5) is 22.3. The maximum Gasteiger partial charge on any atom is 0.317 e. The molecular weight excluding hydrogens is 320 g/mol. The minimum absolute atomic E-state index is 0.0613. The van der Waals surface area contributed by atoms with Gasteiger partial charge in [-0.2, -0.15) is 0 Å². The SMILES string of the molecule is O=C(NCCc1cccs1)N1CCCN(Cc2ccccn2)CC1. The molecule has 1 aliphatic heterocycles. The van der Waals surface area contributed by atoms with Crippen LogP contribution < -0.4 is 5.32 Å². The zero-order valence-corrected chi connectivity index (χ0v) is 14.7. The van der Waals surface area contributed by atoms with E-state index in [-0.39, 0.29) is 6.03 Å². The van der Waals surface area contributed by atoms with Crippen LogP contribution in [0.1, 0.15) is 17.0 Å². The van der Waals surface area contributed by atoms with Crippen molar-refractivity contribution in [1.29, 1.82) is 0 Å². The van der Waals surface area contributed by atoms with Crippen molar-refractivity contribution in [2.24, 2.45) is 0 Å². The van der Waals surface area contributed by atoms with Gasteiger partial charge < -0.3 is 10.2 Å². The van der Waals surface area contributed by atoms with Crippen molar-refractivity contribution in [1.82, 2.24) is 20.1 Å². The third-order valence-electron chi connectivity index (χ3n) is 4.22. The highest BCUT2D eigenvalue weighted by Crippen LogP contribution is 2.09. The second-order valence-electron chi connectivity index (χ2n) is 6.00. The third-order valence-corrected chi connectivity index (χ3v) is 5.15. The van der Waals surface area contributed by atoms with E-state index in [1.54, 1.807) is 11.3 Å². The lowest BCUT2D eigenvalue weighted by molar-refractivity contribution is 0.197. The summed E-state index contributed by atoms with van der Waals surface area (Å²) in [5.74, 6) is 0. The van der Waals surface area contributed by atoms with Crippen LogP contribution in [0.3, 0.4) is 0 Å². The number of nitrogens with one attached hydrogen (secondary N) is 1. The van der Waals surface area contributed by atoms with Crippen molar-refractivity contribution in [2.45, 2.75) is 19.4 Å². The lowest BCUT2D eigenvalue weighted by Gasteiger charge is -2.22. The average Bonchev–Trinajstić information content (AvgIpc) is 3.01. The highest BCUT2D eigenvalue weighted by atomic mass is 32.1. The molecule has 1 N–H and O–H groups in total. The molecule has 2 amide bonds. The van der Waals surface area contributed by atoms with Crippen LogP contribution in [-0.2, 0) is 13.0 Å². The Labute approximate surface area is 147 Å². The third kappa shape index (κ3) is 5.04. The van der Waals surface area contributed by atoms with E-state index < -0.39 is 0 Å². The molecule has 2 aromatic heterocycles. The van der Waals surface area contributed by atoms with Gasteiger partial charge in [0.15, 0.2) is 0 Å². The van der Waals surface area contributed by atoms with Gasteiger partial charge >= 0.3 is 6.03 Å². The van der Waals surface area contributed by atoms with Gasteiger partial charge in [-0.3, -0.25) is 9.88 Å². The van der Waals surface area contributed by atoms with Crippen molar-refractivity contribution in [2.75, 3.05) is 32.7 Å².